The normalized spacial score (nSPS) is 16.1. The number of carbonyl (C=O) groups excluding carboxylic acids is 1. The fourth-order valence-electron chi connectivity index (χ4n) is 5.76. The summed E-state index contributed by atoms with van der Waals surface area (Å²) >= 11 is 0. The van der Waals surface area contributed by atoms with Gasteiger partial charge in [-0.15, -0.1) is 0 Å². The van der Waals surface area contributed by atoms with Gasteiger partial charge < -0.3 is 18.5 Å². The maximum atomic E-state index is 13.8. The van der Waals surface area contributed by atoms with Crippen molar-refractivity contribution < 1.29 is 18.7 Å². The smallest absolute Gasteiger partial charge is 0.312 e. The van der Waals surface area contributed by atoms with Crippen molar-refractivity contribution in [3.8, 4) is 22.8 Å². The first kappa shape index (κ1) is 21.6. The molecule has 7 nitrogen and oxygen atoms in total. The maximum absolute atomic E-state index is 13.8. The molecule has 2 aliphatic rings. The second-order valence-corrected chi connectivity index (χ2v) is 9.43. The van der Waals surface area contributed by atoms with Crippen LogP contribution in [0.1, 0.15) is 29.0 Å². The van der Waals surface area contributed by atoms with E-state index in [1.54, 1.807) is 4.57 Å². The summed E-state index contributed by atoms with van der Waals surface area (Å²) in [6, 6.07) is 20.1. The van der Waals surface area contributed by atoms with Crippen molar-refractivity contribution in [3.63, 3.8) is 0 Å². The van der Waals surface area contributed by atoms with Crippen LogP contribution in [0.4, 0.5) is 0 Å². The second-order valence-electron chi connectivity index (χ2n) is 9.43. The number of hydrogen-bond acceptors (Lipinski definition) is 6. The number of benzene rings is 3. The molecule has 3 aromatic carbocycles. The highest BCUT2D eigenvalue weighted by atomic mass is 16.5. The number of ether oxygens (including phenoxy) is 2. The average molecular weight is 491 g/mol. The van der Waals surface area contributed by atoms with Gasteiger partial charge in [-0.1, -0.05) is 48.5 Å². The molecule has 0 spiro atoms. The molecular weight excluding hydrogens is 470 g/mol. The van der Waals surface area contributed by atoms with Crippen LogP contribution in [0, 0.1) is 0 Å². The molecule has 182 valence electrons. The van der Waals surface area contributed by atoms with E-state index in [0.717, 1.165) is 28.5 Å². The lowest BCUT2D eigenvalue weighted by molar-refractivity contribution is -0.135. The number of nitrogens with zero attached hydrogens (tertiary/aromatic N) is 1. The summed E-state index contributed by atoms with van der Waals surface area (Å²) in [6.07, 6.45) is 0.739. The first-order valence-corrected chi connectivity index (χ1v) is 12.1. The minimum absolute atomic E-state index is 0.0475. The SMILES string of the molecule is COc1cc2c(c3oc(-c4ccccc4)cc(=O)c13)C(c1cc3cccc4c3n(c1=O)CC4)CC(=O)O2. The van der Waals surface area contributed by atoms with Crippen molar-refractivity contribution >= 4 is 27.8 Å². The molecule has 7 rings (SSSR count). The predicted molar refractivity (Wildman–Crippen MR) is 138 cm³/mol. The molecule has 1 atom stereocenters. The topological polar surface area (TPSA) is 87.7 Å². The van der Waals surface area contributed by atoms with Crippen LogP contribution >= 0.6 is 0 Å². The number of aromatic nitrogens is 1. The maximum Gasteiger partial charge on any atom is 0.312 e. The van der Waals surface area contributed by atoms with Crippen LogP contribution in [0.15, 0.2) is 80.7 Å². The third-order valence-electron chi connectivity index (χ3n) is 7.39. The van der Waals surface area contributed by atoms with Gasteiger partial charge in [0.25, 0.3) is 5.56 Å². The van der Waals surface area contributed by atoms with Crippen molar-refractivity contribution in [2.45, 2.75) is 25.3 Å². The Balaban J connectivity index is 1.56. The molecule has 0 amide bonds. The number of methoxy groups -OCH3 is 1. The lowest BCUT2D eigenvalue weighted by atomic mass is 9.85. The molecule has 0 fully saturated rings. The van der Waals surface area contributed by atoms with Crippen LogP contribution < -0.4 is 20.5 Å². The zero-order valence-corrected chi connectivity index (χ0v) is 19.9. The zero-order valence-electron chi connectivity index (χ0n) is 19.9. The van der Waals surface area contributed by atoms with E-state index in [2.05, 4.69) is 0 Å². The Hall–Kier alpha value is -4.65. The van der Waals surface area contributed by atoms with Crippen molar-refractivity contribution in [1.82, 2.24) is 4.57 Å². The highest BCUT2D eigenvalue weighted by Crippen LogP contribution is 2.46. The Morgan fingerprint density at radius 3 is 2.62 bits per heavy atom. The molecule has 0 saturated heterocycles. The Morgan fingerprint density at radius 1 is 0.973 bits per heavy atom. The van der Waals surface area contributed by atoms with Crippen LogP contribution in [0.25, 0.3) is 33.2 Å². The van der Waals surface area contributed by atoms with Gasteiger partial charge in [-0.2, -0.15) is 0 Å². The van der Waals surface area contributed by atoms with Gasteiger partial charge in [-0.25, -0.2) is 0 Å². The quantitative estimate of drug-likeness (QED) is 0.267. The molecule has 0 aliphatic carbocycles. The second kappa shape index (κ2) is 7.93. The molecule has 2 aliphatic heterocycles. The van der Waals surface area contributed by atoms with E-state index in [9.17, 15) is 14.4 Å². The lowest BCUT2D eigenvalue weighted by Crippen LogP contribution is -2.29. The van der Waals surface area contributed by atoms with Crippen LogP contribution in [0.2, 0.25) is 0 Å². The fraction of sp³-hybridized carbons (Fsp3) is 0.167. The van der Waals surface area contributed by atoms with Gasteiger partial charge in [0.1, 0.15) is 28.2 Å². The van der Waals surface area contributed by atoms with Crippen LogP contribution in [0.5, 0.6) is 11.5 Å². The monoisotopic (exact) mass is 491 g/mol. The van der Waals surface area contributed by atoms with E-state index in [1.165, 1.54) is 19.2 Å². The molecule has 7 heteroatoms. The predicted octanol–water partition coefficient (Wildman–Crippen LogP) is 4.78. The highest BCUT2D eigenvalue weighted by molar-refractivity contribution is 5.94. The third-order valence-corrected chi connectivity index (χ3v) is 7.39. The molecule has 2 aromatic heterocycles. The van der Waals surface area contributed by atoms with Gasteiger partial charge in [0.2, 0.25) is 0 Å². The largest absolute Gasteiger partial charge is 0.496 e. The van der Waals surface area contributed by atoms with Gasteiger partial charge in [0, 0.05) is 41.3 Å². The Morgan fingerprint density at radius 2 is 1.81 bits per heavy atom. The van der Waals surface area contributed by atoms with Gasteiger partial charge in [-0.3, -0.25) is 14.4 Å². The minimum Gasteiger partial charge on any atom is -0.496 e. The molecule has 1 unspecified atom stereocenters. The van der Waals surface area contributed by atoms with E-state index < -0.39 is 11.9 Å². The fourth-order valence-corrected chi connectivity index (χ4v) is 5.76. The molecule has 0 saturated carbocycles. The molecule has 0 N–H and O–H groups in total. The number of aryl methyl sites for hydroxylation is 2. The summed E-state index contributed by atoms with van der Waals surface area (Å²) in [5, 5.41) is 1.19. The molecule has 0 radical (unpaired) electrons. The number of pyridine rings is 1. The number of hydrogen-bond donors (Lipinski definition) is 0. The number of rotatable bonds is 3. The van der Waals surface area contributed by atoms with Gasteiger partial charge >= 0.3 is 5.97 Å². The van der Waals surface area contributed by atoms with E-state index in [-0.39, 0.29) is 39.9 Å². The number of carbonyl (C=O) groups is 1. The molecule has 4 heterocycles. The Labute approximate surface area is 210 Å². The summed E-state index contributed by atoms with van der Waals surface area (Å²) in [5.74, 6) is -0.260. The van der Waals surface area contributed by atoms with Crippen LogP contribution in [0.3, 0.4) is 0 Å². The van der Waals surface area contributed by atoms with Crippen molar-refractivity contribution in [3.05, 3.63) is 104 Å². The first-order chi connectivity index (χ1) is 18.0. The summed E-state index contributed by atoms with van der Waals surface area (Å²) in [5.41, 5.74) is 3.61. The van der Waals surface area contributed by atoms with Crippen molar-refractivity contribution in [1.29, 1.82) is 0 Å². The third kappa shape index (κ3) is 3.17. The standard InChI is InChI=1S/C30H21NO6/c1-35-23-15-24-26(29-27(23)21(32)14-22(37-29)16-6-3-2-4-7-16)19(13-25(33)36-24)20-12-18-9-5-8-17-10-11-31(28(17)18)30(20)34/h2-9,12,14-15,19H,10-11,13H2,1H3. The van der Waals surface area contributed by atoms with E-state index in [1.807, 2.05) is 54.6 Å². The van der Waals surface area contributed by atoms with Crippen molar-refractivity contribution in [2.75, 3.05) is 7.11 Å². The zero-order chi connectivity index (χ0) is 25.3. The van der Waals surface area contributed by atoms with Gasteiger partial charge in [-0.05, 0) is 23.4 Å². The first-order valence-electron chi connectivity index (χ1n) is 12.1. The van der Waals surface area contributed by atoms with E-state index in [0.29, 0.717) is 23.4 Å². The summed E-state index contributed by atoms with van der Waals surface area (Å²) in [4.78, 5) is 39.9. The minimum atomic E-state index is -0.649. The van der Waals surface area contributed by atoms with E-state index >= 15 is 0 Å². The molecular formula is C30H21NO6. The summed E-state index contributed by atoms with van der Waals surface area (Å²) in [7, 11) is 1.45. The Kier molecular flexibility index (Phi) is 4.63. The molecule has 37 heavy (non-hydrogen) atoms. The number of esters is 1. The summed E-state index contributed by atoms with van der Waals surface area (Å²) in [6.45, 7) is 0.586. The highest BCUT2D eigenvalue weighted by Gasteiger charge is 2.36. The molecule has 5 aromatic rings. The number of fused-ring (bicyclic) bond motifs is 3. The summed E-state index contributed by atoms with van der Waals surface area (Å²) < 4.78 is 19.3. The van der Waals surface area contributed by atoms with Crippen LogP contribution in [-0.2, 0) is 17.8 Å². The average Bonchev–Trinajstić information content (AvgIpc) is 3.35. The van der Waals surface area contributed by atoms with Crippen LogP contribution in [-0.4, -0.2) is 17.6 Å². The van der Waals surface area contributed by atoms with E-state index in [4.69, 9.17) is 13.9 Å². The van der Waals surface area contributed by atoms with Crippen molar-refractivity contribution in [2.24, 2.45) is 0 Å². The molecule has 0 bridgehead atoms. The number of para-hydroxylation sites is 1. The van der Waals surface area contributed by atoms with Gasteiger partial charge in [0.05, 0.1) is 19.0 Å². The Bertz CT molecular complexity index is 1880. The van der Waals surface area contributed by atoms with Gasteiger partial charge in [0.15, 0.2) is 5.43 Å². The lowest BCUT2D eigenvalue weighted by Gasteiger charge is -2.26.